The first kappa shape index (κ1) is 12.5. The molecule has 1 saturated carbocycles. The van der Waals surface area contributed by atoms with Gasteiger partial charge in [0.2, 0.25) is 0 Å². The fourth-order valence-electron chi connectivity index (χ4n) is 2.52. The smallest absolute Gasteiger partial charge is 0.323 e. The monoisotopic (exact) mass is 213 g/mol. The van der Waals surface area contributed by atoms with Crippen LogP contribution < -0.4 is 5.73 Å². The molecule has 88 valence electrons. The Labute approximate surface area is 92.0 Å². The number of nitrogens with two attached hydrogens (primary N) is 1. The molecule has 1 rings (SSSR count). The third-order valence-electron chi connectivity index (χ3n) is 3.53. The van der Waals surface area contributed by atoms with Crippen molar-refractivity contribution in [3.05, 3.63) is 0 Å². The van der Waals surface area contributed by atoms with Crippen molar-refractivity contribution in [3.8, 4) is 0 Å². The molecule has 1 aliphatic carbocycles. The van der Waals surface area contributed by atoms with E-state index in [1.165, 1.54) is 25.7 Å². The predicted octanol–water partition coefficient (Wildman–Crippen LogP) is 2.54. The lowest BCUT2D eigenvalue weighted by Gasteiger charge is -2.27. The number of aliphatic carboxylic acids is 1. The first-order chi connectivity index (χ1) is 7.08. The van der Waals surface area contributed by atoms with Crippen LogP contribution in [0.2, 0.25) is 0 Å². The first-order valence-corrected chi connectivity index (χ1v) is 6.11. The highest BCUT2D eigenvalue weighted by Crippen LogP contribution is 2.33. The van der Waals surface area contributed by atoms with Crippen molar-refractivity contribution in [1.29, 1.82) is 0 Å². The molecule has 1 atom stereocenters. The highest BCUT2D eigenvalue weighted by molar-refractivity contribution is 5.78. The van der Waals surface area contributed by atoms with E-state index in [-0.39, 0.29) is 0 Å². The number of hydrogen-bond donors (Lipinski definition) is 2. The van der Waals surface area contributed by atoms with Gasteiger partial charge >= 0.3 is 5.97 Å². The van der Waals surface area contributed by atoms with Gasteiger partial charge in [-0.1, -0.05) is 45.4 Å². The van der Waals surface area contributed by atoms with Crippen LogP contribution in [0.3, 0.4) is 0 Å². The molecule has 0 spiro atoms. The minimum atomic E-state index is -0.967. The molecule has 0 amide bonds. The fraction of sp³-hybridized carbons (Fsp3) is 0.917. The molecule has 0 aromatic carbocycles. The Kier molecular flexibility index (Phi) is 4.58. The molecule has 0 aliphatic heterocycles. The van der Waals surface area contributed by atoms with Gasteiger partial charge in [0.05, 0.1) is 0 Å². The van der Waals surface area contributed by atoms with Gasteiger partial charge in [-0.2, -0.15) is 0 Å². The van der Waals surface area contributed by atoms with E-state index in [1.54, 1.807) is 0 Å². The average molecular weight is 213 g/mol. The van der Waals surface area contributed by atoms with Gasteiger partial charge in [0.1, 0.15) is 5.54 Å². The highest BCUT2D eigenvalue weighted by Gasteiger charge is 2.36. The van der Waals surface area contributed by atoms with Crippen LogP contribution in [0, 0.1) is 5.92 Å². The maximum absolute atomic E-state index is 11.2. The summed E-state index contributed by atoms with van der Waals surface area (Å²) in [5.74, 6) is -0.272. The Balaban J connectivity index is 2.51. The third kappa shape index (κ3) is 3.49. The second-order valence-electron chi connectivity index (χ2n) is 4.92. The van der Waals surface area contributed by atoms with Gasteiger partial charge in [0, 0.05) is 0 Å². The van der Waals surface area contributed by atoms with Crippen molar-refractivity contribution in [2.45, 2.75) is 63.8 Å². The summed E-state index contributed by atoms with van der Waals surface area (Å²) in [5, 5.41) is 9.19. The minimum Gasteiger partial charge on any atom is -0.480 e. The molecule has 0 aromatic rings. The van der Waals surface area contributed by atoms with E-state index >= 15 is 0 Å². The Morgan fingerprint density at radius 3 is 2.53 bits per heavy atom. The molecule has 3 N–H and O–H groups in total. The Morgan fingerprint density at radius 2 is 2.07 bits per heavy atom. The second kappa shape index (κ2) is 5.50. The maximum Gasteiger partial charge on any atom is 0.323 e. The predicted molar refractivity (Wildman–Crippen MR) is 60.7 cm³/mol. The van der Waals surface area contributed by atoms with E-state index in [9.17, 15) is 9.90 Å². The molecule has 0 unspecified atom stereocenters. The summed E-state index contributed by atoms with van der Waals surface area (Å²) in [6, 6.07) is 0. The molecule has 0 aromatic heterocycles. The number of carboxylic acids is 1. The Morgan fingerprint density at radius 1 is 1.47 bits per heavy atom. The first-order valence-electron chi connectivity index (χ1n) is 6.11. The fourth-order valence-corrected chi connectivity index (χ4v) is 2.52. The lowest BCUT2D eigenvalue weighted by atomic mass is 9.83. The van der Waals surface area contributed by atoms with Gasteiger partial charge in [-0.3, -0.25) is 4.79 Å². The van der Waals surface area contributed by atoms with E-state index in [2.05, 4.69) is 6.92 Å². The van der Waals surface area contributed by atoms with Crippen molar-refractivity contribution >= 4 is 5.97 Å². The van der Waals surface area contributed by atoms with Crippen LogP contribution in [0.5, 0.6) is 0 Å². The van der Waals surface area contributed by atoms with Crippen molar-refractivity contribution in [2.24, 2.45) is 11.7 Å². The van der Waals surface area contributed by atoms with Crippen molar-refractivity contribution in [3.63, 3.8) is 0 Å². The summed E-state index contributed by atoms with van der Waals surface area (Å²) in [6.45, 7) is 2.07. The van der Waals surface area contributed by atoms with Crippen molar-refractivity contribution in [2.75, 3.05) is 0 Å². The highest BCUT2D eigenvalue weighted by atomic mass is 16.4. The number of rotatable bonds is 6. The van der Waals surface area contributed by atoms with E-state index in [0.29, 0.717) is 18.8 Å². The average Bonchev–Trinajstić information content (AvgIpc) is 2.67. The Hall–Kier alpha value is -0.570. The summed E-state index contributed by atoms with van der Waals surface area (Å²) in [6.07, 6.45) is 8.03. The van der Waals surface area contributed by atoms with Gasteiger partial charge in [0.25, 0.3) is 0 Å². The summed E-state index contributed by atoms with van der Waals surface area (Å²) < 4.78 is 0. The van der Waals surface area contributed by atoms with Crippen LogP contribution in [-0.2, 0) is 4.79 Å². The molecule has 15 heavy (non-hydrogen) atoms. The molecule has 1 fully saturated rings. The Bertz CT molecular complexity index is 212. The maximum atomic E-state index is 11.2. The zero-order valence-electron chi connectivity index (χ0n) is 9.67. The quantitative estimate of drug-likeness (QED) is 0.712. The molecule has 1 aliphatic rings. The zero-order valence-corrected chi connectivity index (χ0v) is 9.67. The van der Waals surface area contributed by atoms with E-state index in [4.69, 9.17) is 5.73 Å². The summed E-state index contributed by atoms with van der Waals surface area (Å²) >= 11 is 0. The molecule has 0 saturated heterocycles. The topological polar surface area (TPSA) is 63.3 Å². The normalized spacial score (nSPS) is 21.5. The van der Waals surface area contributed by atoms with E-state index in [0.717, 1.165) is 12.8 Å². The molecule has 0 bridgehead atoms. The lowest BCUT2D eigenvalue weighted by Crippen LogP contribution is -2.49. The summed E-state index contributed by atoms with van der Waals surface area (Å²) in [4.78, 5) is 11.2. The van der Waals surface area contributed by atoms with Gasteiger partial charge in [-0.15, -0.1) is 0 Å². The van der Waals surface area contributed by atoms with Crippen molar-refractivity contribution in [1.82, 2.24) is 0 Å². The number of hydrogen-bond acceptors (Lipinski definition) is 2. The van der Waals surface area contributed by atoms with E-state index in [1.807, 2.05) is 0 Å². The molecular weight excluding hydrogens is 190 g/mol. The van der Waals surface area contributed by atoms with Crippen LogP contribution >= 0.6 is 0 Å². The van der Waals surface area contributed by atoms with Crippen LogP contribution in [0.15, 0.2) is 0 Å². The summed E-state index contributed by atoms with van der Waals surface area (Å²) in [5.41, 5.74) is 5.04. The largest absolute Gasteiger partial charge is 0.480 e. The molecule has 3 heteroatoms. The number of carbonyl (C=O) groups is 1. The van der Waals surface area contributed by atoms with Gasteiger partial charge in [-0.25, -0.2) is 0 Å². The third-order valence-corrected chi connectivity index (χ3v) is 3.53. The van der Waals surface area contributed by atoms with Crippen LogP contribution in [0.1, 0.15) is 58.3 Å². The molecular formula is C12H23NO2. The zero-order chi connectivity index (χ0) is 11.3. The minimum absolute atomic E-state index is 0.544. The van der Waals surface area contributed by atoms with E-state index < -0.39 is 11.5 Å². The molecule has 0 heterocycles. The van der Waals surface area contributed by atoms with Crippen LogP contribution in [0.25, 0.3) is 0 Å². The van der Waals surface area contributed by atoms with Gasteiger partial charge < -0.3 is 10.8 Å². The lowest BCUT2D eigenvalue weighted by molar-refractivity contribution is -0.144. The standard InChI is InChI=1S/C12H23NO2/c1-2-3-8-12(13,11(14)15)9-10-6-4-5-7-10/h10H,2-9,13H2,1H3,(H,14,15)/t12-/m0/s1. The second-order valence-corrected chi connectivity index (χ2v) is 4.92. The summed E-state index contributed by atoms with van der Waals surface area (Å²) in [7, 11) is 0. The SMILES string of the molecule is CCCC[C@](N)(CC1CCCC1)C(=O)O. The number of unbranched alkanes of at least 4 members (excludes halogenated alkanes) is 1. The van der Waals surface area contributed by atoms with Crippen LogP contribution in [-0.4, -0.2) is 16.6 Å². The van der Waals surface area contributed by atoms with Gasteiger partial charge in [-0.05, 0) is 18.8 Å². The molecule has 3 nitrogen and oxygen atoms in total. The van der Waals surface area contributed by atoms with Crippen molar-refractivity contribution < 1.29 is 9.90 Å². The van der Waals surface area contributed by atoms with Gasteiger partial charge in [0.15, 0.2) is 0 Å². The van der Waals surface area contributed by atoms with Crippen LogP contribution in [0.4, 0.5) is 0 Å². The molecule has 0 radical (unpaired) electrons. The number of carboxylic acid groups (broad SMARTS) is 1.